The normalized spacial score (nSPS) is 11.8. The van der Waals surface area contributed by atoms with Crippen LogP contribution in [0, 0.1) is 0 Å². The molecule has 0 fully saturated rings. The average molecular weight is 199 g/mol. The van der Waals surface area contributed by atoms with E-state index in [9.17, 15) is 13.6 Å². The minimum absolute atomic E-state index is 0.0700. The van der Waals surface area contributed by atoms with Gasteiger partial charge in [0.1, 0.15) is 0 Å². The lowest BCUT2D eigenvalue weighted by molar-refractivity contribution is 0.103. The molecule has 0 unspecified atom stereocenters. The molecule has 0 bridgehead atoms. The summed E-state index contributed by atoms with van der Waals surface area (Å²) >= 11 is 0. The van der Waals surface area contributed by atoms with Crippen LogP contribution in [0.15, 0.2) is 35.5 Å². The molecule has 0 aliphatic heterocycles. The summed E-state index contributed by atoms with van der Waals surface area (Å²) in [5.41, 5.74) is -1.07. The van der Waals surface area contributed by atoms with Crippen LogP contribution >= 0.6 is 0 Å². The van der Waals surface area contributed by atoms with Crippen LogP contribution in [0.5, 0.6) is 0 Å². The predicted molar refractivity (Wildman–Crippen MR) is 46.0 cm³/mol. The highest BCUT2D eigenvalue weighted by atomic mass is 19.3. The van der Waals surface area contributed by atoms with Crippen LogP contribution in [-0.2, 0) is 0 Å². The first-order chi connectivity index (χ1) is 6.66. The number of Topliss-reactive ketones (excluding diaryl/α,β-unsaturated/α-hetero) is 1. The topological polar surface area (TPSA) is 49.7 Å². The van der Waals surface area contributed by atoms with E-state index in [-0.39, 0.29) is 5.56 Å². The molecular formula is C9H7F2NO2. The molecule has 3 nitrogen and oxygen atoms in total. The second-order valence-corrected chi connectivity index (χ2v) is 2.48. The summed E-state index contributed by atoms with van der Waals surface area (Å²) in [6.45, 7) is 0. The average Bonchev–Trinajstić information content (AvgIpc) is 2.19. The highest BCUT2D eigenvalue weighted by Gasteiger charge is 2.23. The lowest BCUT2D eigenvalue weighted by atomic mass is 10.1. The second kappa shape index (κ2) is 4.45. The number of hydrogen-bond donors (Lipinski definition) is 1. The molecule has 14 heavy (non-hydrogen) atoms. The number of alkyl halides is 2. The molecule has 1 aromatic rings. The van der Waals surface area contributed by atoms with Crippen LogP contribution in [0.25, 0.3) is 0 Å². The summed E-state index contributed by atoms with van der Waals surface area (Å²) in [5, 5.41) is 10.5. The standard InChI is InChI=1S/C9H7F2NO2/c10-9(11)7(12-14)8(13)6-4-2-1-3-5-6/h1-5,9,14H. The zero-order chi connectivity index (χ0) is 10.6. The zero-order valence-corrected chi connectivity index (χ0v) is 7.02. The molecule has 0 radical (unpaired) electrons. The number of rotatable bonds is 3. The first-order valence-corrected chi connectivity index (χ1v) is 3.76. The molecule has 0 saturated heterocycles. The Labute approximate surface area is 78.7 Å². The van der Waals surface area contributed by atoms with Gasteiger partial charge in [-0.1, -0.05) is 35.5 Å². The molecule has 5 heteroatoms. The van der Waals surface area contributed by atoms with Crippen LogP contribution in [0.4, 0.5) is 8.78 Å². The molecule has 0 atom stereocenters. The molecule has 0 heterocycles. The van der Waals surface area contributed by atoms with E-state index < -0.39 is 17.9 Å². The van der Waals surface area contributed by atoms with Gasteiger partial charge in [-0.05, 0) is 0 Å². The lowest BCUT2D eigenvalue weighted by Gasteiger charge is -2.01. The van der Waals surface area contributed by atoms with E-state index in [1.807, 2.05) is 0 Å². The van der Waals surface area contributed by atoms with Gasteiger partial charge in [0.15, 0.2) is 5.71 Å². The largest absolute Gasteiger partial charge is 0.410 e. The van der Waals surface area contributed by atoms with Gasteiger partial charge in [-0.25, -0.2) is 8.78 Å². The maximum Gasteiger partial charge on any atom is 0.287 e. The lowest BCUT2D eigenvalue weighted by Crippen LogP contribution is -2.22. The molecule has 0 aromatic heterocycles. The smallest absolute Gasteiger partial charge is 0.287 e. The van der Waals surface area contributed by atoms with Crippen molar-refractivity contribution in [3.63, 3.8) is 0 Å². The van der Waals surface area contributed by atoms with E-state index in [0.717, 1.165) is 0 Å². The molecule has 74 valence electrons. The van der Waals surface area contributed by atoms with E-state index in [4.69, 9.17) is 5.21 Å². The molecule has 0 amide bonds. The van der Waals surface area contributed by atoms with Gasteiger partial charge in [-0.3, -0.25) is 4.79 Å². The second-order valence-electron chi connectivity index (χ2n) is 2.48. The maximum absolute atomic E-state index is 12.1. The number of carbonyl (C=O) groups excluding carboxylic acids is 1. The molecule has 0 spiro atoms. The Balaban J connectivity index is 2.96. The number of halogens is 2. The highest BCUT2D eigenvalue weighted by molar-refractivity contribution is 6.46. The Kier molecular flexibility index (Phi) is 3.28. The highest BCUT2D eigenvalue weighted by Crippen LogP contribution is 2.06. The zero-order valence-electron chi connectivity index (χ0n) is 7.02. The quantitative estimate of drug-likeness (QED) is 0.350. The van der Waals surface area contributed by atoms with Crippen LogP contribution in [0.3, 0.4) is 0 Å². The van der Waals surface area contributed by atoms with Gasteiger partial charge in [0.25, 0.3) is 6.43 Å². The number of oxime groups is 1. The van der Waals surface area contributed by atoms with E-state index in [1.54, 1.807) is 6.07 Å². The summed E-state index contributed by atoms with van der Waals surface area (Å²) in [6, 6.07) is 7.46. The third kappa shape index (κ3) is 2.12. The molecule has 0 aliphatic carbocycles. The number of carbonyl (C=O) groups is 1. The summed E-state index contributed by atoms with van der Waals surface area (Å²) in [5.74, 6) is -0.969. The molecule has 1 rings (SSSR count). The van der Waals surface area contributed by atoms with Crippen molar-refractivity contribution in [3.8, 4) is 0 Å². The Morgan fingerprint density at radius 3 is 2.29 bits per heavy atom. The van der Waals surface area contributed by atoms with Crippen molar-refractivity contribution in [2.75, 3.05) is 0 Å². The monoisotopic (exact) mass is 199 g/mol. The van der Waals surface area contributed by atoms with Crippen molar-refractivity contribution in [1.29, 1.82) is 0 Å². The van der Waals surface area contributed by atoms with Crippen molar-refractivity contribution in [3.05, 3.63) is 35.9 Å². The van der Waals surface area contributed by atoms with Gasteiger partial charge in [0.05, 0.1) is 0 Å². The van der Waals surface area contributed by atoms with Gasteiger partial charge in [-0.2, -0.15) is 0 Å². The van der Waals surface area contributed by atoms with Gasteiger partial charge >= 0.3 is 0 Å². The van der Waals surface area contributed by atoms with Crippen LogP contribution in [0.1, 0.15) is 10.4 Å². The van der Waals surface area contributed by atoms with Crippen molar-refractivity contribution in [1.82, 2.24) is 0 Å². The number of nitrogens with zero attached hydrogens (tertiary/aromatic N) is 1. The predicted octanol–water partition coefficient (Wildman–Crippen LogP) is 1.96. The Bertz CT molecular complexity index is 349. The molecule has 1 N–H and O–H groups in total. The fourth-order valence-electron chi connectivity index (χ4n) is 0.926. The minimum atomic E-state index is -3.08. The number of hydrogen-bond acceptors (Lipinski definition) is 3. The van der Waals surface area contributed by atoms with E-state index in [0.29, 0.717) is 0 Å². The fourth-order valence-corrected chi connectivity index (χ4v) is 0.926. The van der Waals surface area contributed by atoms with Crippen LogP contribution in [0.2, 0.25) is 0 Å². The molecule has 0 saturated carbocycles. The van der Waals surface area contributed by atoms with Crippen molar-refractivity contribution < 1.29 is 18.8 Å². The van der Waals surface area contributed by atoms with E-state index in [2.05, 4.69) is 5.16 Å². The van der Waals surface area contributed by atoms with Gasteiger partial charge < -0.3 is 5.21 Å². The SMILES string of the molecule is O=C(C(=NO)C(F)F)c1ccccc1. The summed E-state index contributed by atoms with van der Waals surface area (Å²) in [6.07, 6.45) is -3.08. The Morgan fingerprint density at radius 2 is 1.86 bits per heavy atom. The van der Waals surface area contributed by atoms with Crippen LogP contribution < -0.4 is 0 Å². The van der Waals surface area contributed by atoms with E-state index in [1.165, 1.54) is 24.3 Å². The third-order valence-corrected chi connectivity index (χ3v) is 1.58. The molecule has 0 aliphatic rings. The summed E-state index contributed by atoms with van der Waals surface area (Å²) < 4.78 is 24.2. The molecule has 1 aromatic carbocycles. The number of ketones is 1. The first-order valence-electron chi connectivity index (χ1n) is 3.76. The van der Waals surface area contributed by atoms with E-state index >= 15 is 0 Å². The Hall–Kier alpha value is -1.78. The number of benzene rings is 1. The minimum Gasteiger partial charge on any atom is -0.410 e. The van der Waals surface area contributed by atoms with Crippen LogP contribution in [-0.4, -0.2) is 23.1 Å². The third-order valence-electron chi connectivity index (χ3n) is 1.58. The Morgan fingerprint density at radius 1 is 1.29 bits per heavy atom. The summed E-state index contributed by atoms with van der Waals surface area (Å²) in [7, 11) is 0. The fraction of sp³-hybridized carbons (Fsp3) is 0.111. The van der Waals surface area contributed by atoms with Gasteiger partial charge in [-0.15, -0.1) is 0 Å². The van der Waals surface area contributed by atoms with Crippen molar-refractivity contribution in [2.24, 2.45) is 5.16 Å². The molecular weight excluding hydrogens is 192 g/mol. The van der Waals surface area contributed by atoms with Gasteiger partial charge in [0, 0.05) is 5.56 Å². The van der Waals surface area contributed by atoms with Crippen molar-refractivity contribution in [2.45, 2.75) is 6.43 Å². The maximum atomic E-state index is 12.1. The van der Waals surface area contributed by atoms with Crippen molar-refractivity contribution >= 4 is 11.5 Å². The van der Waals surface area contributed by atoms with Gasteiger partial charge in [0.2, 0.25) is 5.78 Å². The summed E-state index contributed by atoms with van der Waals surface area (Å²) in [4.78, 5) is 11.2. The first kappa shape index (κ1) is 10.3.